The van der Waals surface area contributed by atoms with Crippen LogP contribution in [0.1, 0.15) is 45.7 Å². The summed E-state index contributed by atoms with van der Waals surface area (Å²) in [5, 5.41) is 0. The molecule has 0 N–H and O–H groups in total. The quantitative estimate of drug-likeness (QED) is 0.533. The highest BCUT2D eigenvalue weighted by Gasteiger charge is 2.62. The first-order valence-corrected chi connectivity index (χ1v) is 12.9. The van der Waals surface area contributed by atoms with Gasteiger partial charge in [-0.3, -0.25) is 4.90 Å². The van der Waals surface area contributed by atoms with Gasteiger partial charge in [0.05, 0.1) is 12.1 Å². The van der Waals surface area contributed by atoms with E-state index >= 15 is 0 Å². The fourth-order valence-electron chi connectivity index (χ4n) is 5.73. The average Bonchev–Trinajstić information content (AvgIpc) is 3.34. The van der Waals surface area contributed by atoms with Gasteiger partial charge >= 0.3 is 0 Å². The van der Waals surface area contributed by atoms with E-state index < -0.39 is 17.9 Å². The third-order valence-corrected chi connectivity index (χ3v) is 7.26. The third-order valence-electron chi connectivity index (χ3n) is 7.26. The predicted molar refractivity (Wildman–Crippen MR) is 135 cm³/mol. The maximum absolute atomic E-state index is 6.72. The Kier molecular flexibility index (Phi) is 7.26. The number of ether oxygens (including phenoxy) is 6. The maximum Gasteiger partial charge on any atom is 0.190 e. The van der Waals surface area contributed by atoms with Crippen LogP contribution in [-0.4, -0.2) is 66.4 Å². The van der Waals surface area contributed by atoms with Gasteiger partial charge in [-0.25, -0.2) is 0 Å². The van der Waals surface area contributed by atoms with Gasteiger partial charge in [0.25, 0.3) is 0 Å². The first-order valence-electron chi connectivity index (χ1n) is 12.9. The van der Waals surface area contributed by atoms with Gasteiger partial charge in [0.1, 0.15) is 24.4 Å². The van der Waals surface area contributed by atoms with Crippen molar-refractivity contribution in [2.24, 2.45) is 0 Å². The minimum absolute atomic E-state index is 0.145. The molecule has 7 heteroatoms. The molecule has 7 nitrogen and oxygen atoms in total. The summed E-state index contributed by atoms with van der Waals surface area (Å²) in [5.41, 5.74) is 2.44. The second kappa shape index (κ2) is 10.1. The highest BCUT2D eigenvalue weighted by atomic mass is 16.9. The van der Waals surface area contributed by atoms with Crippen LogP contribution < -0.4 is 0 Å². The van der Waals surface area contributed by atoms with E-state index in [9.17, 15) is 0 Å². The SMILES string of the molecule is CO[C@H](C)[C@@H]([C@H]1O[C@@H]2OC(C)(C)O[C@@H]2[C@H]2OC(C)(C)O[C@H]21)N(Cc1ccccc1)Cc1ccccc1. The molecule has 0 radical (unpaired) electrons. The van der Waals surface area contributed by atoms with Crippen molar-refractivity contribution in [1.82, 2.24) is 4.90 Å². The smallest absolute Gasteiger partial charge is 0.190 e. The molecular formula is C29H39NO6. The Labute approximate surface area is 214 Å². The topological polar surface area (TPSA) is 58.6 Å². The molecule has 36 heavy (non-hydrogen) atoms. The lowest BCUT2D eigenvalue weighted by atomic mass is 9.90. The van der Waals surface area contributed by atoms with Gasteiger partial charge in [-0.15, -0.1) is 0 Å². The largest absolute Gasteiger partial charge is 0.380 e. The molecule has 196 valence electrons. The number of fused-ring (bicyclic) bond motifs is 3. The molecule has 5 rings (SSSR count). The summed E-state index contributed by atoms with van der Waals surface area (Å²) in [6, 6.07) is 20.9. The van der Waals surface area contributed by atoms with Gasteiger partial charge in [0.2, 0.25) is 0 Å². The molecule has 3 fully saturated rings. The molecule has 7 atom stereocenters. The van der Waals surface area contributed by atoms with E-state index in [2.05, 4.69) is 60.4 Å². The summed E-state index contributed by atoms with van der Waals surface area (Å²) >= 11 is 0. The molecule has 2 aromatic carbocycles. The first kappa shape index (κ1) is 25.8. The summed E-state index contributed by atoms with van der Waals surface area (Å²) in [6.45, 7) is 11.3. The van der Waals surface area contributed by atoms with E-state index in [0.717, 1.165) is 13.1 Å². The van der Waals surface area contributed by atoms with Crippen molar-refractivity contribution in [3.63, 3.8) is 0 Å². The van der Waals surface area contributed by atoms with Crippen LogP contribution in [0.25, 0.3) is 0 Å². The van der Waals surface area contributed by atoms with Crippen LogP contribution in [0.3, 0.4) is 0 Å². The normalized spacial score (nSPS) is 32.1. The van der Waals surface area contributed by atoms with E-state index in [1.54, 1.807) is 7.11 Å². The Morgan fingerprint density at radius 3 is 1.81 bits per heavy atom. The average molecular weight is 498 g/mol. The molecule has 3 heterocycles. The molecule has 0 aliphatic carbocycles. The van der Waals surface area contributed by atoms with Crippen molar-refractivity contribution in [3.05, 3.63) is 71.8 Å². The molecular weight excluding hydrogens is 458 g/mol. The molecule has 3 aliphatic heterocycles. The van der Waals surface area contributed by atoms with Gasteiger partial charge in [0.15, 0.2) is 17.9 Å². The number of methoxy groups -OCH3 is 1. The Bertz CT molecular complexity index is 958. The molecule has 2 aromatic rings. The van der Waals surface area contributed by atoms with Gasteiger partial charge < -0.3 is 28.4 Å². The first-order chi connectivity index (χ1) is 17.2. The molecule has 0 amide bonds. The lowest BCUT2D eigenvalue weighted by Gasteiger charge is -2.46. The lowest BCUT2D eigenvalue weighted by Crippen LogP contribution is -2.63. The highest BCUT2D eigenvalue weighted by Crippen LogP contribution is 2.46. The van der Waals surface area contributed by atoms with Crippen LogP contribution in [-0.2, 0) is 41.5 Å². The molecule has 3 saturated heterocycles. The van der Waals surface area contributed by atoms with Crippen LogP contribution >= 0.6 is 0 Å². The summed E-state index contributed by atoms with van der Waals surface area (Å²) in [7, 11) is 1.75. The van der Waals surface area contributed by atoms with Gasteiger partial charge in [-0.05, 0) is 45.7 Å². The summed E-state index contributed by atoms with van der Waals surface area (Å²) in [6.07, 6.45) is -2.08. The number of hydrogen-bond acceptors (Lipinski definition) is 7. The maximum atomic E-state index is 6.72. The van der Waals surface area contributed by atoms with Gasteiger partial charge in [-0.2, -0.15) is 0 Å². The molecule has 0 bridgehead atoms. The second-order valence-electron chi connectivity index (χ2n) is 10.9. The van der Waals surface area contributed by atoms with Gasteiger partial charge in [0, 0.05) is 20.2 Å². The van der Waals surface area contributed by atoms with Crippen LogP contribution in [0.15, 0.2) is 60.7 Å². The van der Waals surface area contributed by atoms with Crippen molar-refractivity contribution in [2.75, 3.05) is 7.11 Å². The fraction of sp³-hybridized carbons (Fsp3) is 0.586. The number of hydrogen-bond donors (Lipinski definition) is 0. The molecule has 0 spiro atoms. The van der Waals surface area contributed by atoms with Crippen LogP contribution in [0.2, 0.25) is 0 Å². The van der Waals surface area contributed by atoms with Gasteiger partial charge in [-0.1, -0.05) is 60.7 Å². The molecule has 3 aliphatic rings. The highest BCUT2D eigenvalue weighted by molar-refractivity contribution is 5.18. The summed E-state index contributed by atoms with van der Waals surface area (Å²) in [5.74, 6) is -1.52. The Balaban J connectivity index is 1.52. The summed E-state index contributed by atoms with van der Waals surface area (Å²) < 4.78 is 38.0. The van der Waals surface area contributed by atoms with Crippen LogP contribution in [0.5, 0.6) is 0 Å². The minimum atomic E-state index is -0.763. The van der Waals surface area contributed by atoms with Crippen molar-refractivity contribution in [2.45, 2.75) is 102 Å². The zero-order valence-electron chi connectivity index (χ0n) is 22.1. The van der Waals surface area contributed by atoms with E-state index in [-0.39, 0.29) is 36.6 Å². The van der Waals surface area contributed by atoms with Crippen LogP contribution in [0.4, 0.5) is 0 Å². The lowest BCUT2D eigenvalue weighted by molar-refractivity contribution is -0.254. The number of nitrogens with zero attached hydrogens (tertiary/aromatic N) is 1. The molecule has 0 unspecified atom stereocenters. The minimum Gasteiger partial charge on any atom is -0.380 e. The van der Waals surface area contributed by atoms with Crippen molar-refractivity contribution in [1.29, 1.82) is 0 Å². The van der Waals surface area contributed by atoms with E-state index in [0.29, 0.717) is 0 Å². The number of benzene rings is 2. The summed E-state index contributed by atoms with van der Waals surface area (Å²) in [4.78, 5) is 2.43. The van der Waals surface area contributed by atoms with E-state index in [1.165, 1.54) is 11.1 Å². The predicted octanol–water partition coefficient (Wildman–Crippen LogP) is 4.49. The Hall–Kier alpha value is -1.84. The third kappa shape index (κ3) is 5.38. The second-order valence-corrected chi connectivity index (χ2v) is 10.9. The zero-order chi connectivity index (χ0) is 25.5. The number of rotatable bonds is 8. The van der Waals surface area contributed by atoms with Crippen molar-refractivity contribution < 1.29 is 28.4 Å². The standard InChI is InChI=1S/C29H39NO6/c1-19(31-6)22(30(17-20-13-9-7-10-14-20)18-21-15-11-8-12-16-21)23-24-25(34-28(2,3)33-24)26-27(32-23)36-29(4,5)35-26/h7-16,19,22-27H,17-18H2,1-6H3/t19-,22+,23-,24+,25+,26-,27-/m1/s1. The van der Waals surface area contributed by atoms with E-state index in [1.807, 2.05) is 39.8 Å². The van der Waals surface area contributed by atoms with Crippen LogP contribution in [0, 0.1) is 0 Å². The molecule has 0 aromatic heterocycles. The van der Waals surface area contributed by atoms with E-state index in [4.69, 9.17) is 28.4 Å². The Morgan fingerprint density at radius 2 is 1.25 bits per heavy atom. The van der Waals surface area contributed by atoms with Crippen molar-refractivity contribution >= 4 is 0 Å². The monoisotopic (exact) mass is 497 g/mol. The van der Waals surface area contributed by atoms with Crippen molar-refractivity contribution in [3.8, 4) is 0 Å². The Morgan fingerprint density at radius 1 is 0.750 bits per heavy atom. The zero-order valence-corrected chi connectivity index (χ0v) is 22.1. The molecule has 0 saturated carbocycles. The fourth-order valence-corrected chi connectivity index (χ4v) is 5.73.